The highest BCUT2D eigenvalue weighted by Crippen LogP contribution is 2.23. The lowest BCUT2D eigenvalue weighted by Gasteiger charge is -2.16. The zero-order chi connectivity index (χ0) is 17.0. The molecule has 0 spiro atoms. The summed E-state index contributed by atoms with van der Waals surface area (Å²) in [7, 11) is 2.70. The Hall–Kier alpha value is -2.60. The maximum Gasteiger partial charge on any atom is 0.351 e. The van der Waals surface area contributed by atoms with Crippen molar-refractivity contribution >= 4 is 23.5 Å². The fraction of sp³-hybridized carbons (Fsp3) is 0.188. The summed E-state index contributed by atoms with van der Waals surface area (Å²) in [5, 5.41) is 0.398. The Kier molecular flexibility index (Phi) is 5.18. The summed E-state index contributed by atoms with van der Waals surface area (Å²) in [6.45, 7) is 0. The maximum atomic E-state index is 12.2. The number of nitrogens with zero attached hydrogens (tertiary/aromatic N) is 1. The van der Waals surface area contributed by atoms with Crippen molar-refractivity contribution in [3.63, 3.8) is 0 Å². The van der Waals surface area contributed by atoms with Crippen molar-refractivity contribution in [2.45, 2.75) is 6.10 Å². The van der Waals surface area contributed by atoms with Gasteiger partial charge in [-0.15, -0.1) is 0 Å². The van der Waals surface area contributed by atoms with Crippen LogP contribution in [-0.2, 0) is 21.3 Å². The largest absolute Gasteiger partial charge is 0.466 e. The second kappa shape index (κ2) is 7.11. The number of hydrogen-bond donors (Lipinski definition) is 0. The van der Waals surface area contributed by atoms with Crippen LogP contribution in [0.1, 0.15) is 22.0 Å². The lowest BCUT2D eigenvalue weighted by atomic mass is 10.1. The molecule has 1 aromatic heterocycles. The summed E-state index contributed by atoms with van der Waals surface area (Å²) in [5.41, 5.74) is 0.270. The van der Waals surface area contributed by atoms with E-state index in [9.17, 15) is 14.4 Å². The van der Waals surface area contributed by atoms with Crippen LogP contribution in [0, 0.1) is 0 Å². The molecule has 1 heterocycles. The quantitative estimate of drug-likeness (QED) is 0.800. The predicted molar refractivity (Wildman–Crippen MR) is 83.3 cm³/mol. The Labute approximate surface area is 137 Å². The first kappa shape index (κ1) is 16.8. The number of esters is 2. The summed E-state index contributed by atoms with van der Waals surface area (Å²) >= 11 is 5.90. The van der Waals surface area contributed by atoms with Gasteiger partial charge in [0.25, 0.3) is 0 Å². The SMILES string of the molecule is COC(=O)[C@@H](OC(=O)c1ccc(=O)n(C)c1)c1cccc(Cl)c1. The number of methoxy groups -OCH3 is 1. The highest BCUT2D eigenvalue weighted by Gasteiger charge is 2.27. The molecule has 0 saturated heterocycles. The zero-order valence-electron chi connectivity index (χ0n) is 12.5. The number of rotatable bonds is 4. The van der Waals surface area contributed by atoms with Crippen molar-refractivity contribution in [3.8, 4) is 0 Å². The molecule has 0 amide bonds. The van der Waals surface area contributed by atoms with Crippen molar-refractivity contribution in [3.05, 3.63) is 69.1 Å². The third kappa shape index (κ3) is 3.98. The zero-order valence-corrected chi connectivity index (χ0v) is 13.2. The molecule has 0 aliphatic heterocycles. The average molecular weight is 336 g/mol. The number of pyridine rings is 1. The maximum absolute atomic E-state index is 12.2. The summed E-state index contributed by atoms with van der Waals surface area (Å²) in [5.74, 6) is -1.48. The van der Waals surface area contributed by atoms with Crippen LogP contribution >= 0.6 is 11.6 Å². The number of benzene rings is 1. The summed E-state index contributed by atoms with van der Waals surface area (Å²) in [6, 6.07) is 8.95. The first-order chi connectivity index (χ1) is 10.9. The molecule has 1 atom stereocenters. The number of carbonyl (C=O) groups is 2. The monoisotopic (exact) mass is 335 g/mol. The molecule has 0 fully saturated rings. The molecule has 23 heavy (non-hydrogen) atoms. The molecule has 7 heteroatoms. The van der Waals surface area contributed by atoms with Crippen LogP contribution in [0.2, 0.25) is 5.02 Å². The van der Waals surface area contributed by atoms with Gasteiger partial charge >= 0.3 is 11.9 Å². The van der Waals surface area contributed by atoms with E-state index in [4.69, 9.17) is 16.3 Å². The lowest BCUT2D eigenvalue weighted by Crippen LogP contribution is -2.23. The van der Waals surface area contributed by atoms with Crippen LogP contribution in [0.5, 0.6) is 0 Å². The Balaban J connectivity index is 2.30. The molecule has 0 radical (unpaired) electrons. The van der Waals surface area contributed by atoms with Crippen molar-refractivity contribution in [2.75, 3.05) is 7.11 Å². The summed E-state index contributed by atoms with van der Waals surface area (Å²) in [4.78, 5) is 35.5. The van der Waals surface area contributed by atoms with Crippen LogP contribution in [0.4, 0.5) is 0 Å². The van der Waals surface area contributed by atoms with E-state index in [0.717, 1.165) is 0 Å². The predicted octanol–water partition coefficient (Wildman–Crippen LogP) is 2.11. The number of hydrogen-bond acceptors (Lipinski definition) is 5. The summed E-state index contributed by atoms with van der Waals surface area (Å²) < 4.78 is 11.1. The van der Waals surface area contributed by atoms with E-state index in [-0.39, 0.29) is 11.1 Å². The van der Waals surface area contributed by atoms with E-state index in [1.807, 2.05) is 0 Å². The molecule has 0 unspecified atom stereocenters. The third-order valence-corrected chi connectivity index (χ3v) is 3.35. The molecule has 6 nitrogen and oxygen atoms in total. The van der Waals surface area contributed by atoms with Gasteiger partial charge in [-0.1, -0.05) is 23.7 Å². The highest BCUT2D eigenvalue weighted by atomic mass is 35.5. The second-order valence-electron chi connectivity index (χ2n) is 4.73. The Morgan fingerprint density at radius 2 is 1.96 bits per heavy atom. The third-order valence-electron chi connectivity index (χ3n) is 3.11. The molecular weight excluding hydrogens is 322 g/mol. The van der Waals surface area contributed by atoms with Crippen molar-refractivity contribution in [1.29, 1.82) is 0 Å². The van der Waals surface area contributed by atoms with Gasteiger partial charge in [0.05, 0.1) is 12.7 Å². The summed E-state index contributed by atoms with van der Waals surface area (Å²) in [6.07, 6.45) is 0.0835. The first-order valence-electron chi connectivity index (χ1n) is 6.63. The number of halogens is 1. The van der Waals surface area contributed by atoms with E-state index < -0.39 is 18.0 Å². The Bertz CT molecular complexity index is 799. The van der Waals surface area contributed by atoms with Crippen LogP contribution in [0.25, 0.3) is 0 Å². The van der Waals surface area contributed by atoms with Gasteiger partial charge in [-0.25, -0.2) is 9.59 Å². The van der Waals surface area contributed by atoms with Gasteiger partial charge in [0.1, 0.15) is 0 Å². The molecule has 0 aliphatic rings. The lowest BCUT2D eigenvalue weighted by molar-refractivity contribution is -0.151. The van der Waals surface area contributed by atoms with E-state index in [2.05, 4.69) is 4.74 Å². The number of carbonyl (C=O) groups excluding carboxylic acids is 2. The van der Waals surface area contributed by atoms with Crippen molar-refractivity contribution < 1.29 is 19.1 Å². The van der Waals surface area contributed by atoms with Gasteiger partial charge in [0, 0.05) is 29.9 Å². The van der Waals surface area contributed by atoms with E-state index in [0.29, 0.717) is 10.6 Å². The number of aryl methyl sites for hydroxylation is 1. The van der Waals surface area contributed by atoms with E-state index in [1.165, 1.54) is 43.1 Å². The van der Waals surface area contributed by atoms with Crippen LogP contribution < -0.4 is 5.56 Å². The second-order valence-corrected chi connectivity index (χ2v) is 5.17. The minimum absolute atomic E-state index is 0.142. The molecule has 2 rings (SSSR count). The number of aromatic nitrogens is 1. The van der Waals surface area contributed by atoms with E-state index in [1.54, 1.807) is 18.2 Å². The molecule has 0 bridgehead atoms. The molecule has 1 aromatic carbocycles. The highest BCUT2D eigenvalue weighted by molar-refractivity contribution is 6.30. The number of ether oxygens (including phenoxy) is 2. The van der Waals surface area contributed by atoms with E-state index >= 15 is 0 Å². The normalized spacial score (nSPS) is 11.6. The smallest absolute Gasteiger partial charge is 0.351 e. The van der Waals surface area contributed by atoms with Gasteiger partial charge in [0.15, 0.2) is 0 Å². The van der Waals surface area contributed by atoms with Crippen LogP contribution in [0.15, 0.2) is 47.4 Å². The topological polar surface area (TPSA) is 74.6 Å². The van der Waals surface area contributed by atoms with Crippen molar-refractivity contribution in [1.82, 2.24) is 4.57 Å². The van der Waals surface area contributed by atoms with Gasteiger partial charge in [-0.3, -0.25) is 4.79 Å². The van der Waals surface area contributed by atoms with Gasteiger partial charge in [0.2, 0.25) is 11.7 Å². The fourth-order valence-corrected chi connectivity index (χ4v) is 2.12. The molecule has 0 aliphatic carbocycles. The van der Waals surface area contributed by atoms with Gasteiger partial charge in [-0.05, 0) is 18.2 Å². The molecule has 120 valence electrons. The molecular formula is C16H14ClNO5. The standard InChI is InChI=1S/C16H14ClNO5/c1-18-9-11(6-7-13(18)19)15(20)23-14(16(21)22-2)10-4-3-5-12(17)8-10/h3-9,14H,1-2H3/t14-/m0/s1. The minimum atomic E-state index is -1.25. The Morgan fingerprint density at radius 1 is 1.22 bits per heavy atom. The molecule has 0 N–H and O–H groups in total. The molecule has 0 saturated carbocycles. The molecule has 2 aromatic rings. The van der Waals surface area contributed by atoms with Gasteiger partial charge < -0.3 is 14.0 Å². The minimum Gasteiger partial charge on any atom is -0.466 e. The van der Waals surface area contributed by atoms with Crippen LogP contribution in [-0.4, -0.2) is 23.6 Å². The Morgan fingerprint density at radius 3 is 2.57 bits per heavy atom. The average Bonchev–Trinajstić information content (AvgIpc) is 2.54. The van der Waals surface area contributed by atoms with Gasteiger partial charge in [-0.2, -0.15) is 0 Å². The fourth-order valence-electron chi connectivity index (χ4n) is 1.92. The van der Waals surface area contributed by atoms with Crippen LogP contribution in [0.3, 0.4) is 0 Å². The van der Waals surface area contributed by atoms with Crippen molar-refractivity contribution in [2.24, 2.45) is 7.05 Å². The first-order valence-corrected chi connectivity index (χ1v) is 7.01.